The maximum Gasteiger partial charge on any atom is 0.412 e. The average Bonchev–Trinajstić information content (AvgIpc) is 1.77. The number of urea groups is 1. The van der Waals surface area contributed by atoms with Gasteiger partial charge in [-0.05, 0) is 120 Å². The minimum Gasteiger partial charge on any atom is -0.444 e. The van der Waals surface area contributed by atoms with Crippen molar-refractivity contribution in [3.05, 3.63) is 106 Å². The number of nitrogens with two attached hydrogens (primary N) is 1. The number of halogens is 4. The summed E-state index contributed by atoms with van der Waals surface area (Å²) in [4.78, 5) is 124. The molecule has 0 bridgehead atoms. The Morgan fingerprint density at radius 1 is 0.568 bits per heavy atom. The molecule has 8 rings (SSSR count). The molecule has 0 spiro atoms. The molecule has 28 heteroatoms. The monoisotopic (exact) mass is 1440 g/mol. The molecular formula is C67H89Cl4N11O10S3. The molecule has 9 amide bonds. The van der Waals surface area contributed by atoms with Crippen molar-refractivity contribution >= 4 is 160 Å². The number of hydrogen-bond donors (Lipinski definition) is 7. The van der Waals surface area contributed by atoms with Gasteiger partial charge in [0.25, 0.3) is 17.7 Å². The first-order valence-electron chi connectivity index (χ1n) is 31.0. The number of ether oxygens (including phenoxy) is 1. The third kappa shape index (κ3) is 19.1. The molecule has 6 heterocycles. The first kappa shape index (κ1) is 78.9. The van der Waals surface area contributed by atoms with Crippen molar-refractivity contribution in [2.75, 3.05) is 61.0 Å². The van der Waals surface area contributed by atoms with Gasteiger partial charge in [-0.15, -0.1) is 34.0 Å². The standard InChI is InChI=1S/C23H28Cl2N4O3S.C21H33N3O4S.C16H25N3O2S.C7H3Cl2NO/c1-6-23(5)20(31)26-10-11-29(23)19(30)13-12-16(22(2,3)4)33-18(13)28-21(32)27-15-9-7-8-14(24)17(15)25;1-9-21(8)17(26)22-10-11-24(21)16(25)13-12-14(19(2,3)4)29-15(13)23-18(27)28-20(5,6)7;1-6-16(5)14(21)18-7-8-19(16)13(20)10-9-11(15(2,3)4)22-12(10)17;8-5-2-1-3-6(7(5)9)10-4-11/h7-9,12H,6,10-11H2,1-5H3,(H,26,31)(H2,27,28,32);12H,9-11H2,1-8H3,(H,22,26)(H,23,27);9H,6-8,17H2,1-5H3,(H,18,21);1-3H. The molecule has 5 aromatic rings. The first-order valence-corrected chi connectivity index (χ1v) is 34.9. The van der Waals surface area contributed by atoms with Crippen LogP contribution in [-0.2, 0) is 40.2 Å². The van der Waals surface area contributed by atoms with Crippen LogP contribution in [0.2, 0.25) is 20.1 Å². The van der Waals surface area contributed by atoms with Crippen molar-refractivity contribution < 1.29 is 47.9 Å². The van der Waals surface area contributed by atoms with Gasteiger partial charge >= 0.3 is 12.1 Å². The van der Waals surface area contributed by atoms with E-state index < -0.39 is 34.3 Å². The Kier molecular flexibility index (Phi) is 26.3. The van der Waals surface area contributed by atoms with Gasteiger partial charge in [-0.3, -0.25) is 39.4 Å². The lowest BCUT2D eigenvalue weighted by molar-refractivity contribution is -0.134. The number of carbonyl (C=O) groups is 8. The molecule has 2 aromatic carbocycles. The summed E-state index contributed by atoms with van der Waals surface area (Å²) < 4.78 is 5.36. The summed E-state index contributed by atoms with van der Waals surface area (Å²) in [5, 5.41) is 19.3. The smallest absolute Gasteiger partial charge is 0.412 e. The molecule has 3 atom stereocenters. The SMILES string of the molecule is CCC1(C)C(=O)NCCN1C(=O)c1cc(C(C)(C)C)sc1N.CCC1(C)C(=O)NCCN1C(=O)c1cc(C(C)(C)C)sc1NC(=O)Nc1cccc(Cl)c1Cl.CCC1(C)C(=O)NCCN1C(=O)c1cc(C(C)(C)C)sc1NC(=O)OC(C)(C)C.O=C=Nc1cccc(Cl)c1Cl. The zero-order valence-electron chi connectivity index (χ0n) is 57.2. The highest BCUT2D eigenvalue weighted by molar-refractivity contribution is 7.17. The van der Waals surface area contributed by atoms with Crippen LogP contribution in [0.1, 0.15) is 190 Å². The van der Waals surface area contributed by atoms with Crippen LogP contribution in [-0.4, -0.2) is 130 Å². The molecule has 0 radical (unpaired) electrons. The lowest BCUT2D eigenvalue weighted by Gasteiger charge is -2.43. The third-order valence-electron chi connectivity index (χ3n) is 16.2. The molecule has 518 valence electrons. The summed E-state index contributed by atoms with van der Waals surface area (Å²) >= 11 is 27.7. The molecule has 95 heavy (non-hydrogen) atoms. The van der Waals surface area contributed by atoms with Crippen LogP contribution in [0, 0.1) is 0 Å². The highest BCUT2D eigenvalue weighted by atomic mass is 35.5. The van der Waals surface area contributed by atoms with Gasteiger partial charge in [0, 0.05) is 53.9 Å². The number of isocyanates is 1. The van der Waals surface area contributed by atoms with E-state index in [1.54, 1.807) is 91.8 Å². The predicted octanol–water partition coefficient (Wildman–Crippen LogP) is 15.2. The molecule has 3 aromatic heterocycles. The summed E-state index contributed by atoms with van der Waals surface area (Å²) in [5.74, 6) is -1.15. The largest absolute Gasteiger partial charge is 0.444 e. The van der Waals surface area contributed by atoms with E-state index in [1.165, 1.54) is 40.1 Å². The van der Waals surface area contributed by atoms with Crippen molar-refractivity contribution in [2.45, 2.75) is 182 Å². The lowest BCUT2D eigenvalue weighted by Crippen LogP contribution is -2.64. The van der Waals surface area contributed by atoms with Gasteiger partial charge in [0.1, 0.15) is 32.2 Å². The molecule has 3 aliphatic rings. The van der Waals surface area contributed by atoms with Gasteiger partial charge in [0.05, 0.1) is 53.2 Å². The maximum absolute atomic E-state index is 13.7. The van der Waals surface area contributed by atoms with Crippen LogP contribution in [0.5, 0.6) is 0 Å². The maximum atomic E-state index is 13.7. The number of thiophene rings is 3. The molecule has 3 saturated heterocycles. The zero-order valence-corrected chi connectivity index (χ0v) is 62.7. The van der Waals surface area contributed by atoms with Crippen LogP contribution < -0.4 is 37.6 Å². The van der Waals surface area contributed by atoms with Crippen LogP contribution in [0.3, 0.4) is 0 Å². The van der Waals surface area contributed by atoms with E-state index in [0.717, 1.165) is 14.6 Å². The number of hydrogen-bond acceptors (Lipinski definition) is 15. The number of rotatable bonds is 10. The molecule has 3 unspecified atom stereocenters. The minimum absolute atomic E-state index is 0.0509. The number of nitrogens with zero attached hydrogens (tertiary/aromatic N) is 4. The number of nitrogens with one attached hydrogen (secondary N) is 6. The molecule has 3 aliphatic heterocycles. The average molecular weight is 1450 g/mol. The number of piperazine rings is 3. The third-order valence-corrected chi connectivity index (χ3v) is 22.2. The van der Waals surface area contributed by atoms with Crippen LogP contribution in [0.15, 0.2) is 59.6 Å². The van der Waals surface area contributed by atoms with E-state index >= 15 is 0 Å². The Balaban J connectivity index is 0.000000242. The second kappa shape index (κ2) is 31.6. The van der Waals surface area contributed by atoms with E-state index in [2.05, 4.69) is 78.4 Å². The predicted molar refractivity (Wildman–Crippen MR) is 385 cm³/mol. The fourth-order valence-corrected chi connectivity index (χ4v) is 13.7. The Bertz CT molecular complexity index is 3740. The second-order valence-electron chi connectivity index (χ2n) is 27.4. The van der Waals surface area contributed by atoms with Crippen molar-refractivity contribution in [1.29, 1.82) is 0 Å². The summed E-state index contributed by atoms with van der Waals surface area (Å²) in [5.41, 5.74) is 4.20. The van der Waals surface area contributed by atoms with Gasteiger partial charge in [-0.2, -0.15) is 4.99 Å². The zero-order chi connectivity index (χ0) is 71.7. The number of aliphatic imine (C=N–C) groups is 1. The van der Waals surface area contributed by atoms with Gasteiger partial charge < -0.3 is 46.4 Å². The molecule has 0 saturated carbocycles. The van der Waals surface area contributed by atoms with Gasteiger partial charge in [0.2, 0.25) is 23.8 Å². The Hall–Kier alpha value is -6.76. The second-order valence-corrected chi connectivity index (χ2v) is 32.2. The summed E-state index contributed by atoms with van der Waals surface area (Å²) in [6, 6.07) is 14.7. The lowest BCUT2D eigenvalue weighted by atomic mass is 9.91. The van der Waals surface area contributed by atoms with Gasteiger partial charge in [-0.25, -0.2) is 14.4 Å². The van der Waals surface area contributed by atoms with E-state index in [1.807, 2.05) is 60.6 Å². The number of benzene rings is 2. The molecular weight excluding hydrogens is 1360 g/mol. The van der Waals surface area contributed by atoms with E-state index in [4.69, 9.17) is 56.9 Å². The Labute approximate surface area is 589 Å². The quantitative estimate of drug-likeness (QED) is 0.0510. The minimum atomic E-state index is -0.965. The molecule has 3 fully saturated rings. The Morgan fingerprint density at radius 3 is 1.32 bits per heavy atom. The van der Waals surface area contributed by atoms with Crippen molar-refractivity contribution in [3.8, 4) is 0 Å². The summed E-state index contributed by atoms with van der Waals surface area (Å²) in [6.45, 7) is 37.5. The highest BCUT2D eigenvalue weighted by Crippen LogP contribution is 2.42. The van der Waals surface area contributed by atoms with Gasteiger partial charge in [0.15, 0.2) is 0 Å². The highest BCUT2D eigenvalue weighted by Gasteiger charge is 2.47. The van der Waals surface area contributed by atoms with Crippen molar-refractivity contribution in [2.24, 2.45) is 4.99 Å². The first-order chi connectivity index (χ1) is 43.9. The number of amides is 9. The van der Waals surface area contributed by atoms with E-state index in [-0.39, 0.29) is 61.7 Å². The van der Waals surface area contributed by atoms with Gasteiger partial charge in [-0.1, -0.05) is 142 Å². The summed E-state index contributed by atoms with van der Waals surface area (Å²) in [7, 11) is 0. The number of nitrogen functional groups attached to an aromatic ring is 1. The van der Waals surface area contributed by atoms with Crippen LogP contribution in [0.4, 0.5) is 36.0 Å². The fraction of sp³-hybridized carbons (Fsp3) is 0.507. The normalized spacial score (nSPS) is 18.9. The Morgan fingerprint density at radius 2 is 0.937 bits per heavy atom. The molecule has 8 N–H and O–H groups in total. The van der Waals surface area contributed by atoms with Crippen molar-refractivity contribution in [3.63, 3.8) is 0 Å². The van der Waals surface area contributed by atoms with Crippen molar-refractivity contribution in [1.82, 2.24) is 30.7 Å². The fourth-order valence-electron chi connectivity index (χ4n) is 9.84. The topological polar surface area (TPSA) is 283 Å². The molecule has 0 aliphatic carbocycles. The summed E-state index contributed by atoms with van der Waals surface area (Å²) in [6.07, 6.45) is 2.31. The number of carbonyl (C=O) groups excluding carboxylic acids is 9. The van der Waals surface area contributed by atoms with E-state index in [0.29, 0.717) is 112 Å². The molecule has 21 nitrogen and oxygen atoms in total. The van der Waals surface area contributed by atoms with Crippen LogP contribution in [0.25, 0.3) is 0 Å². The van der Waals surface area contributed by atoms with Crippen LogP contribution >= 0.6 is 80.4 Å². The number of anilines is 4. The van der Waals surface area contributed by atoms with E-state index in [9.17, 15) is 43.2 Å².